The highest BCUT2D eigenvalue weighted by molar-refractivity contribution is 6.42. The Morgan fingerprint density at radius 3 is 2.38 bits per heavy atom. The summed E-state index contributed by atoms with van der Waals surface area (Å²) >= 11 is 12.0. The highest BCUT2D eigenvalue weighted by atomic mass is 35.5. The van der Waals surface area contributed by atoms with Gasteiger partial charge in [0.2, 0.25) is 5.91 Å². The predicted octanol–water partition coefficient (Wildman–Crippen LogP) is 4.36. The zero-order chi connectivity index (χ0) is 14.8. The van der Waals surface area contributed by atoms with Crippen LogP contribution in [-0.4, -0.2) is 11.9 Å². The molecule has 1 heterocycles. The number of hydrogen-bond donors (Lipinski definition) is 2. The van der Waals surface area contributed by atoms with Crippen LogP contribution in [0.15, 0.2) is 42.5 Å². The zero-order valence-electron chi connectivity index (χ0n) is 11.2. The van der Waals surface area contributed by atoms with E-state index >= 15 is 0 Å². The van der Waals surface area contributed by atoms with Gasteiger partial charge in [-0.25, -0.2) is 0 Å². The first kappa shape index (κ1) is 14.2. The molecule has 21 heavy (non-hydrogen) atoms. The first-order valence-corrected chi connectivity index (χ1v) is 7.49. The van der Waals surface area contributed by atoms with Gasteiger partial charge >= 0.3 is 0 Å². The number of nitrogens with one attached hydrogen (secondary N) is 2. The number of rotatable bonds is 3. The molecule has 0 aliphatic carbocycles. The molecule has 2 aromatic rings. The fraction of sp³-hybridized carbons (Fsp3) is 0.188. The van der Waals surface area contributed by atoms with Crippen LogP contribution in [0.25, 0.3) is 0 Å². The number of amides is 1. The number of anilines is 2. The van der Waals surface area contributed by atoms with Gasteiger partial charge in [-0.05, 0) is 30.5 Å². The minimum absolute atomic E-state index is 0.0446. The Morgan fingerprint density at radius 1 is 1.00 bits per heavy atom. The first-order valence-electron chi connectivity index (χ1n) is 6.74. The van der Waals surface area contributed by atoms with Crippen molar-refractivity contribution < 1.29 is 4.79 Å². The fourth-order valence-corrected chi connectivity index (χ4v) is 2.73. The SMILES string of the molecule is O=C1Nc2cc(Cl)c(Cl)cc2NC1CCc1ccccc1. The second-order valence-corrected chi connectivity index (χ2v) is 5.84. The molecule has 0 fully saturated rings. The highest BCUT2D eigenvalue weighted by Gasteiger charge is 2.25. The van der Waals surface area contributed by atoms with Crippen molar-refractivity contribution in [3.05, 3.63) is 58.1 Å². The topological polar surface area (TPSA) is 41.1 Å². The van der Waals surface area contributed by atoms with Crippen LogP contribution in [0.1, 0.15) is 12.0 Å². The Labute approximate surface area is 133 Å². The number of carbonyl (C=O) groups is 1. The summed E-state index contributed by atoms with van der Waals surface area (Å²) in [6.07, 6.45) is 1.55. The van der Waals surface area contributed by atoms with Gasteiger partial charge in [0.15, 0.2) is 0 Å². The molecule has 1 amide bonds. The third kappa shape index (κ3) is 3.14. The van der Waals surface area contributed by atoms with Gasteiger partial charge in [-0.15, -0.1) is 0 Å². The summed E-state index contributed by atoms with van der Waals surface area (Å²) < 4.78 is 0. The van der Waals surface area contributed by atoms with Crippen LogP contribution in [0.2, 0.25) is 10.0 Å². The van der Waals surface area contributed by atoms with E-state index in [-0.39, 0.29) is 11.9 Å². The van der Waals surface area contributed by atoms with Gasteiger partial charge in [0.05, 0.1) is 21.4 Å². The summed E-state index contributed by atoms with van der Waals surface area (Å²) in [7, 11) is 0. The number of aryl methyl sites for hydroxylation is 1. The van der Waals surface area contributed by atoms with Crippen LogP contribution in [0, 0.1) is 0 Å². The molecule has 0 saturated heterocycles. The van der Waals surface area contributed by atoms with Gasteiger partial charge < -0.3 is 10.6 Å². The van der Waals surface area contributed by atoms with Gasteiger partial charge in [-0.2, -0.15) is 0 Å². The monoisotopic (exact) mass is 320 g/mol. The quantitative estimate of drug-likeness (QED) is 0.882. The average molecular weight is 321 g/mol. The third-order valence-corrected chi connectivity index (χ3v) is 4.25. The second kappa shape index (κ2) is 5.96. The van der Waals surface area contributed by atoms with Crippen molar-refractivity contribution in [3.63, 3.8) is 0 Å². The van der Waals surface area contributed by atoms with Crippen LogP contribution in [0.5, 0.6) is 0 Å². The summed E-state index contributed by atoms with van der Waals surface area (Å²) in [5, 5.41) is 7.00. The van der Waals surface area contributed by atoms with Gasteiger partial charge in [0.1, 0.15) is 6.04 Å². The van der Waals surface area contributed by atoms with E-state index < -0.39 is 0 Å². The number of hydrogen-bond acceptors (Lipinski definition) is 2. The van der Waals surface area contributed by atoms with Crippen molar-refractivity contribution in [2.45, 2.75) is 18.9 Å². The molecule has 3 nitrogen and oxygen atoms in total. The Morgan fingerprint density at radius 2 is 1.67 bits per heavy atom. The zero-order valence-corrected chi connectivity index (χ0v) is 12.7. The van der Waals surface area contributed by atoms with Crippen molar-refractivity contribution in [2.75, 3.05) is 10.6 Å². The highest BCUT2D eigenvalue weighted by Crippen LogP contribution is 2.35. The Bertz CT molecular complexity index is 673. The van der Waals surface area contributed by atoms with E-state index in [4.69, 9.17) is 23.2 Å². The standard InChI is InChI=1S/C16H14Cl2N2O/c17-11-8-14-15(9-12(11)18)20-16(21)13(19-14)7-6-10-4-2-1-3-5-10/h1-5,8-9,13,19H,6-7H2,(H,20,21). The smallest absolute Gasteiger partial charge is 0.246 e. The Hall–Kier alpha value is -1.71. The lowest BCUT2D eigenvalue weighted by atomic mass is 10.0. The lowest BCUT2D eigenvalue weighted by molar-refractivity contribution is -0.117. The fourth-order valence-electron chi connectivity index (χ4n) is 2.40. The van der Waals surface area contributed by atoms with Gasteiger partial charge in [-0.1, -0.05) is 53.5 Å². The maximum atomic E-state index is 12.1. The molecule has 0 spiro atoms. The molecule has 2 aromatic carbocycles. The number of benzene rings is 2. The molecule has 108 valence electrons. The number of halogens is 2. The van der Waals surface area contributed by atoms with E-state index in [9.17, 15) is 4.79 Å². The maximum Gasteiger partial charge on any atom is 0.246 e. The molecule has 1 unspecified atom stereocenters. The minimum Gasteiger partial charge on any atom is -0.372 e. The Kier molecular flexibility index (Phi) is 4.04. The van der Waals surface area contributed by atoms with E-state index in [1.165, 1.54) is 5.56 Å². The van der Waals surface area contributed by atoms with Crippen molar-refractivity contribution in [1.82, 2.24) is 0 Å². The molecule has 1 aliphatic heterocycles. The molecule has 3 rings (SSSR count). The number of fused-ring (bicyclic) bond motifs is 1. The van der Waals surface area contributed by atoms with Crippen LogP contribution in [-0.2, 0) is 11.2 Å². The molecule has 5 heteroatoms. The van der Waals surface area contributed by atoms with Crippen molar-refractivity contribution >= 4 is 40.5 Å². The molecule has 2 N–H and O–H groups in total. The van der Waals surface area contributed by atoms with Gasteiger partial charge in [0, 0.05) is 0 Å². The van der Waals surface area contributed by atoms with Crippen LogP contribution < -0.4 is 10.6 Å². The Balaban J connectivity index is 1.73. The average Bonchev–Trinajstić information content (AvgIpc) is 2.48. The predicted molar refractivity (Wildman–Crippen MR) is 87.3 cm³/mol. The van der Waals surface area contributed by atoms with E-state index in [2.05, 4.69) is 22.8 Å². The molecule has 0 aromatic heterocycles. The van der Waals surface area contributed by atoms with Crippen molar-refractivity contribution in [3.8, 4) is 0 Å². The lowest BCUT2D eigenvalue weighted by Gasteiger charge is -2.27. The van der Waals surface area contributed by atoms with Crippen molar-refractivity contribution in [1.29, 1.82) is 0 Å². The number of carbonyl (C=O) groups excluding carboxylic acids is 1. The molecule has 1 aliphatic rings. The minimum atomic E-state index is -0.269. The summed E-state index contributed by atoms with van der Waals surface area (Å²) in [4.78, 5) is 12.1. The molecule has 1 atom stereocenters. The van der Waals surface area contributed by atoms with E-state index in [0.29, 0.717) is 15.7 Å². The largest absolute Gasteiger partial charge is 0.372 e. The van der Waals surface area contributed by atoms with Crippen molar-refractivity contribution in [2.24, 2.45) is 0 Å². The molecular formula is C16H14Cl2N2O. The van der Waals surface area contributed by atoms with E-state index in [0.717, 1.165) is 18.5 Å². The van der Waals surface area contributed by atoms with E-state index in [1.807, 2.05) is 18.2 Å². The summed E-state index contributed by atoms with van der Waals surface area (Å²) in [5.41, 5.74) is 2.69. The molecular weight excluding hydrogens is 307 g/mol. The van der Waals surface area contributed by atoms with Gasteiger partial charge in [-0.3, -0.25) is 4.79 Å². The van der Waals surface area contributed by atoms with Gasteiger partial charge in [0.25, 0.3) is 0 Å². The molecule has 0 radical (unpaired) electrons. The van der Waals surface area contributed by atoms with Crippen LogP contribution in [0.3, 0.4) is 0 Å². The van der Waals surface area contributed by atoms with Crippen LogP contribution in [0.4, 0.5) is 11.4 Å². The second-order valence-electron chi connectivity index (χ2n) is 5.02. The molecule has 0 bridgehead atoms. The molecule has 0 saturated carbocycles. The summed E-state index contributed by atoms with van der Waals surface area (Å²) in [6.45, 7) is 0. The normalized spacial score (nSPS) is 16.9. The first-order chi connectivity index (χ1) is 10.1. The summed E-state index contributed by atoms with van der Waals surface area (Å²) in [6, 6.07) is 13.2. The third-order valence-electron chi connectivity index (χ3n) is 3.53. The maximum absolute atomic E-state index is 12.1. The van der Waals surface area contributed by atoms with Crippen LogP contribution >= 0.6 is 23.2 Å². The van der Waals surface area contributed by atoms with E-state index in [1.54, 1.807) is 12.1 Å². The lowest BCUT2D eigenvalue weighted by Crippen LogP contribution is -2.39. The summed E-state index contributed by atoms with van der Waals surface area (Å²) in [5.74, 6) is -0.0446.